The molecule has 80 valence electrons. The molecule has 14 heavy (non-hydrogen) atoms. The molecule has 0 saturated heterocycles. The number of benzene rings is 1. The largest absolute Gasteiger partial charge is 0.143 e. The third kappa shape index (κ3) is 5.33. The molecule has 1 aromatic carbocycles. The van der Waals surface area contributed by atoms with Gasteiger partial charge in [-0.05, 0) is 23.1 Å². The average Bonchev–Trinajstić information content (AvgIpc) is 2.04. The van der Waals surface area contributed by atoms with Gasteiger partial charge >= 0.3 is 0 Å². The molecule has 1 aromatic rings. The normalized spacial score (nSPS) is 10.4. The molecule has 0 atom stereocenters. The van der Waals surface area contributed by atoms with Crippen LogP contribution in [0, 0.1) is 0 Å². The molecule has 0 N–H and O–H groups in total. The van der Waals surface area contributed by atoms with Gasteiger partial charge in [-0.25, -0.2) is 0 Å². The summed E-state index contributed by atoms with van der Waals surface area (Å²) in [7, 11) is 0. The predicted molar refractivity (Wildman–Crippen MR) is 68.4 cm³/mol. The van der Waals surface area contributed by atoms with E-state index in [9.17, 15) is 0 Å². The van der Waals surface area contributed by atoms with Crippen LogP contribution < -0.4 is 0 Å². The molecule has 1 rings (SSSR count). The molecule has 0 amide bonds. The molecule has 0 aliphatic carbocycles. The van der Waals surface area contributed by atoms with Gasteiger partial charge in [0.2, 0.25) is 0 Å². The van der Waals surface area contributed by atoms with Crippen LogP contribution in [-0.2, 0) is 5.41 Å². The summed E-state index contributed by atoms with van der Waals surface area (Å²) in [5.41, 5.74) is 1.61. The number of hydrogen-bond acceptors (Lipinski definition) is 1. The highest BCUT2D eigenvalue weighted by atomic mass is 32.1. The molecule has 1 heteroatoms. The van der Waals surface area contributed by atoms with Crippen molar-refractivity contribution in [3.05, 3.63) is 29.8 Å². The lowest BCUT2D eigenvalue weighted by molar-refractivity contribution is 0.590. The first-order valence-electron chi connectivity index (χ1n) is 5.21. The Morgan fingerprint density at radius 2 is 1.36 bits per heavy atom. The summed E-state index contributed by atoms with van der Waals surface area (Å²) in [6.07, 6.45) is 1.25. The van der Waals surface area contributed by atoms with Gasteiger partial charge in [0.15, 0.2) is 0 Å². The van der Waals surface area contributed by atoms with Crippen LogP contribution in [0.2, 0.25) is 0 Å². The van der Waals surface area contributed by atoms with Gasteiger partial charge in [0.05, 0.1) is 0 Å². The highest BCUT2D eigenvalue weighted by Gasteiger charge is 2.11. The second-order valence-corrected chi connectivity index (χ2v) is 5.02. The van der Waals surface area contributed by atoms with Crippen molar-refractivity contribution in [3.8, 4) is 0 Å². The summed E-state index contributed by atoms with van der Waals surface area (Å²) < 4.78 is 0. The van der Waals surface area contributed by atoms with Gasteiger partial charge in [-0.3, -0.25) is 0 Å². The van der Waals surface area contributed by atoms with E-state index in [1.807, 2.05) is 12.1 Å². The van der Waals surface area contributed by atoms with Crippen molar-refractivity contribution in [1.82, 2.24) is 0 Å². The lowest BCUT2D eigenvalue weighted by Gasteiger charge is -2.18. The number of rotatable bonds is 0. The summed E-state index contributed by atoms with van der Waals surface area (Å²) in [6, 6.07) is 8.32. The Bertz CT molecular complexity index is 241. The first-order valence-corrected chi connectivity index (χ1v) is 5.66. The van der Waals surface area contributed by atoms with E-state index in [0.29, 0.717) is 0 Å². The fourth-order valence-electron chi connectivity index (χ4n) is 0.961. The maximum Gasteiger partial charge on any atom is 0.00401 e. The van der Waals surface area contributed by atoms with Crippen molar-refractivity contribution in [3.63, 3.8) is 0 Å². The minimum Gasteiger partial charge on any atom is -0.143 e. The molecule has 0 aliphatic rings. The molecule has 0 nitrogen and oxygen atoms in total. The van der Waals surface area contributed by atoms with Crippen LogP contribution in [0.15, 0.2) is 29.2 Å². The minimum atomic E-state index is 0.251. The summed E-state index contributed by atoms with van der Waals surface area (Å²) in [5.74, 6) is 0. The van der Waals surface area contributed by atoms with Gasteiger partial charge in [0, 0.05) is 4.90 Å². The highest BCUT2D eigenvalue weighted by Crippen LogP contribution is 2.22. The Balaban J connectivity index is 0.000000500. The SMILES string of the molecule is CC(C)(C)c1ccc(S)cc1.CCC. The summed E-state index contributed by atoms with van der Waals surface area (Å²) >= 11 is 4.23. The van der Waals surface area contributed by atoms with E-state index >= 15 is 0 Å². The quantitative estimate of drug-likeness (QED) is 0.590. The molecule has 0 fully saturated rings. The summed E-state index contributed by atoms with van der Waals surface area (Å²) in [5, 5.41) is 0. The fraction of sp³-hybridized carbons (Fsp3) is 0.538. The van der Waals surface area contributed by atoms with Crippen LogP contribution in [0.25, 0.3) is 0 Å². The Kier molecular flexibility index (Phi) is 5.94. The van der Waals surface area contributed by atoms with Crippen molar-refractivity contribution < 1.29 is 0 Å². The molecule has 0 aliphatic heterocycles. The summed E-state index contributed by atoms with van der Waals surface area (Å²) in [4.78, 5) is 1.03. The van der Waals surface area contributed by atoms with Gasteiger partial charge in [-0.15, -0.1) is 12.6 Å². The highest BCUT2D eigenvalue weighted by molar-refractivity contribution is 7.80. The Morgan fingerprint density at radius 1 is 1.00 bits per heavy atom. The predicted octanol–water partition coefficient (Wildman–Crippen LogP) is 4.69. The van der Waals surface area contributed by atoms with Gasteiger partial charge in [0.25, 0.3) is 0 Å². The molecule has 0 heterocycles. The van der Waals surface area contributed by atoms with Gasteiger partial charge < -0.3 is 0 Å². The summed E-state index contributed by atoms with van der Waals surface area (Å²) in [6.45, 7) is 10.9. The van der Waals surface area contributed by atoms with E-state index < -0.39 is 0 Å². The van der Waals surface area contributed by atoms with E-state index in [1.165, 1.54) is 12.0 Å². The van der Waals surface area contributed by atoms with Crippen LogP contribution in [0.5, 0.6) is 0 Å². The van der Waals surface area contributed by atoms with Crippen molar-refractivity contribution in [2.45, 2.75) is 51.3 Å². The van der Waals surface area contributed by atoms with Crippen LogP contribution in [0.1, 0.15) is 46.6 Å². The molecule has 0 aromatic heterocycles. The maximum absolute atomic E-state index is 4.23. The molecule has 0 spiro atoms. The zero-order valence-corrected chi connectivity index (χ0v) is 10.9. The molecule has 0 radical (unpaired) electrons. The Labute approximate surface area is 94.1 Å². The van der Waals surface area contributed by atoms with E-state index in [2.05, 4.69) is 59.4 Å². The van der Waals surface area contributed by atoms with Crippen molar-refractivity contribution in [1.29, 1.82) is 0 Å². The Hall–Kier alpha value is -0.430. The third-order valence-corrected chi connectivity index (χ3v) is 2.03. The van der Waals surface area contributed by atoms with E-state index in [-0.39, 0.29) is 5.41 Å². The average molecular weight is 210 g/mol. The number of hydrogen-bond donors (Lipinski definition) is 1. The molecular weight excluding hydrogens is 188 g/mol. The molecule has 0 unspecified atom stereocenters. The van der Waals surface area contributed by atoms with Gasteiger partial charge in [-0.2, -0.15) is 0 Å². The van der Waals surface area contributed by atoms with Gasteiger partial charge in [0.1, 0.15) is 0 Å². The molecular formula is C13H22S. The van der Waals surface area contributed by atoms with Crippen LogP contribution >= 0.6 is 12.6 Å². The van der Waals surface area contributed by atoms with Crippen LogP contribution in [0.3, 0.4) is 0 Å². The second kappa shape index (κ2) is 6.13. The zero-order valence-electron chi connectivity index (χ0n) is 9.96. The van der Waals surface area contributed by atoms with E-state index in [0.717, 1.165) is 4.90 Å². The smallest absolute Gasteiger partial charge is 0.00401 e. The standard InChI is InChI=1S/C10H14S.C3H8/c1-10(2,3)8-4-6-9(11)7-5-8;1-3-2/h4-7,11H,1-3H3;3H2,1-2H3. The zero-order chi connectivity index (χ0) is 11.2. The molecule has 0 bridgehead atoms. The van der Waals surface area contributed by atoms with Crippen LogP contribution in [-0.4, -0.2) is 0 Å². The van der Waals surface area contributed by atoms with Crippen LogP contribution in [0.4, 0.5) is 0 Å². The third-order valence-electron chi connectivity index (χ3n) is 1.73. The first-order chi connectivity index (χ1) is 6.41. The second-order valence-electron chi connectivity index (χ2n) is 4.50. The molecule has 0 saturated carbocycles. The van der Waals surface area contributed by atoms with E-state index in [1.54, 1.807) is 0 Å². The lowest BCUT2D eigenvalue weighted by atomic mass is 9.87. The lowest BCUT2D eigenvalue weighted by Crippen LogP contribution is -2.10. The monoisotopic (exact) mass is 210 g/mol. The van der Waals surface area contributed by atoms with Crippen molar-refractivity contribution in [2.24, 2.45) is 0 Å². The first kappa shape index (κ1) is 13.6. The topological polar surface area (TPSA) is 0 Å². The fourth-order valence-corrected chi connectivity index (χ4v) is 1.11. The number of thiol groups is 1. The van der Waals surface area contributed by atoms with E-state index in [4.69, 9.17) is 0 Å². The van der Waals surface area contributed by atoms with Gasteiger partial charge in [-0.1, -0.05) is 53.2 Å². The maximum atomic E-state index is 4.23. The van der Waals surface area contributed by atoms with Crippen molar-refractivity contribution >= 4 is 12.6 Å². The Morgan fingerprint density at radius 3 is 1.64 bits per heavy atom. The minimum absolute atomic E-state index is 0.251. The van der Waals surface area contributed by atoms with Crippen molar-refractivity contribution in [2.75, 3.05) is 0 Å².